The van der Waals surface area contributed by atoms with Crippen LogP contribution < -0.4 is 10.1 Å². The number of aliphatic hydroxyl groups excluding tert-OH is 1. The summed E-state index contributed by atoms with van der Waals surface area (Å²) in [6.07, 6.45) is 8.55. The maximum absolute atomic E-state index is 8.93. The summed E-state index contributed by atoms with van der Waals surface area (Å²) in [7, 11) is 1.98. The molecule has 0 spiro atoms. The third-order valence-corrected chi connectivity index (χ3v) is 2.63. The van der Waals surface area contributed by atoms with E-state index in [1.54, 1.807) is 18.5 Å². The highest BCUT2D eigenvalue weighted by molar-refractivity contribution is 5.29. The summed E-state index contributed by atoms with van der Waals surface area (Å²) >= 11 is 0. The lowest BCUT2D eigenvalue weighted by Crippen LogP contribution is -2.06. The normalized spacial score (nSPS) is 13.7. The molecule has 2 rings (SSSR count). The number of nitrogens with one attached hydrogen (secondary N) is 1. The van der Waals surface area contributed by atoms with Gasteiger partial charge in [0.05, 0.1) is 12.7 Å². The first-order valence-electron chi connectivity index (χ1n) is 6.66. The Hall–Kier alpha value is -1.13. The number of hydrogen-bond donors (Lipinski definition) is 2. The van der Waals surface area contributed by atoms with Crippen LogP contribution in [0.15, 0.2) is 18.5 Å². The van der Waals surface area contributed by atoms with Crippen molar-refractivity contribution in [2.75, 3.05) is 13.6 Å². The Balaban J connectivity index is 0.000000232. The summed E-state index contributed by atoms with van der Waals surface area (Å²) in [5, 5.41) is 12.0. The van der Waals surface area contributed by atoms with Gasteiger partial charge in [0.15, 0.2) is 0 Å². The maximum Gasteiger partial charge on any atom is 0.128 e. The van der Waals surface area contributed by atoms with Crippen LogP contribution in [0.1, 0.15) is 38.2 Å². The topological polar surface area (TPSA) is 54.4 Å². The van der Waals surface area contributed by atoms with Gasteiger partial charge in [0.1, 0.15) is 5.75 Å². The lowest BCUT2D eigenvalue weighted by Gasteiger charge is -2.07. The number of ether oxygens (including phenoxy) is 1. The van der Waals surface area contributed by atoms with E-state index in [4.69, 9.17) is 9.84 Å². The lowest BCUT2D eigenvalue weighted by molar-refractivity contribution is 0.257. The Morgan fingerprint density at radius 2 is 2.28 bits per heavy atom. The molecule has 0 atom stereocenters. The smallest absolute Gasteiger partial charge is 0.128 e. The Morgan fingerprint density at radius 1 is 1.50 bits per heavy atom. The molecule has 0 bridgehead atoms. The van der Waals surface area contributed by atoms with E-state index in [2.05, 4.69) is 17.2 Å². The van der Waals surface area contributed by atoms with Gasteiger partial charge in [-0.15, -0.1) is 0 Å². The Kier molecular flexibility index (Phi) is 7.37. The van der Waals surface area contributed by atoms with Gasteiger partial charge in [0.25, 0.3) is 0 Å². The van der Waals surface area contributed by atoms with Gasteiger partial charge in [-0.25, -0.2) is 0 Å². The van der Waals surface area contributed by atoms with Crippen molar-refractivity contribution in [1.82, 2.24) is 10.3 Å². The predicted molar refractivity (Wildman–Crippen MR) is 72.6 cm³/mol. The highest BCUT2D eigenvalue weighted by Gasteiger charge is 2.24. The molecule has 2 N–H and O–H groups in total. The molecule has 0 unspecified atom stereocenters. The van der Waals surface area contributed by atoms with Crippen LogP contribution in [0.4, 0.5) is 0 Å². The average molecular weight is 252 g/mol. The van der Waals surface area contributed by atoms with Crippen LogP contribution in [0.2, 0.25) is 0 Å². The van der Waals surface area contributed by atoms with E-state index in [0.717, 1.165) is 30.7 Å². The highest BCUT2D eigenvalue weighted by atomic mass is 16.5. The van der Waals surface area contributed by atoms with Crippen LogP contribution in [-0.2, 0) is 6.61 Å². The van der Waals surface area contributed by atoms with E-state index in [1.807, 2.05) is 7.05 Å². The molecule has 0 aromatic carbocycles. The molecule has 1 aliphatic rings. The molecule has 1 aromatic rings. The van der Waals surface area contributed by atoms with Gasteiger partial charge in [-0.3, -0.25) is 4.98 Å². The minimum absolute atomic E-state index is 0.00407. The van der Waals surface area contributed by atoms with Crippen LogP contribution in [0.3, 0.4) is 0 Å². The van der Waals surface area contributed by atoms with Crippen molar-refractivity contribution in [2.45, 2.75) is 45.3 Å². The summed E-state index contributed by atoms with van der Waals surface area (Å²) in [6.45, 7) is 3.35. The van der Waals surface area contributed by atoms with E-state index in [9.17, 15) is 0 Å². The molecule has 1 fully saturated rings. The Labute approximate surface area is 109 Å². The predicted octanol–water partition coefficient (Wildman–Crippen LogP) is 2.12. The standard InChI is InChI=1S/C9H11NO2.C5H13N/c11-6-7-5-10-4-3-9(7)12-8-1-2-8;1-3-4-5-6-2/h3-5,8,11H,1-2,6H2;6H,3-5H2,1-2H3. The molecule has 0 saturated heterocycles. The van der Waals surface area contributed by atoms with E-state index in [0.29, 0.717) is 6.10 Å². The maximum atomic E-state index is 8.93. The Morgan fingerprint density at radius 3 is 2.78 bits per heavy atom. The van der Waals surface area contributed by atoms with Gasteiger partial charge in [0, 0.05) is 18.0 Å². The Bertz CT molecular complexity index is 323. The summed E-state index contributed by atoms with van der Waals surface area (Å²) in [5.74, 6) is 0.773. The number of pyridine rings is 1. The summed E-state index contributed by atoms with van der Waals surface area (Å²) in [6, 6.07) is 1.80. The minimum atomic E-state index is -0.00407. The van der Waals surface area contributed by atoms with Crippen molar-refractivity contribution >= 4 is 0 Å². The van der Waals surface area contributed by atoms with Crippen molar-refractivity contribution in [3.8, 4) is 5.75 Å². The number of aliphatic hydroxyl groups is 1. The van der Waals surface area contributed by atoms with Crippen molar-refractivity contribution in [3.05, 3.63) is 24.0 Å². The molecule has 1 aromatic heterocycles. The van der Waals surface area contributed by atoms with Crippen molar-refractivity contribution in [2.24, 2.45) is 0 Å². The molecule has 1 heterocycles. The van der Waals surface area contributed by atoms with E-state index >= 15 is 0 Å². The van der Waals surface area contributed by atoms with Gasteiger partial charge < -0.3 is 15.2 Å². The molecule has 1 aliphatic carbocycles. The summed E-state index contributed by atoms with van der Waals surface area (Å²) in [4.78, 5) is 3.90. The zero-order valence-corrected chi connectivity index (χ0v) is 11.4. The van der Waals surface area contributed by atoms with Crippen LogP contribution in [0, 0.1) is 0 Å². The first-order chi connectivity index (χ1) is 8.81. The summed E-state index contributed by atoms with van der Waals surface area (Å²) < 4.78 is 5.55. The van der Waals surface area contributed by atoms with Gasteiger partial charge in [-0.2, -0.15) is 0 Å². The quantitative estimate of drug-likeness (QED) is 0.761. The van der Waals surface area contributed by atoms with Crippen molar-refractivity contribution in [3.63, 3.8) is 0 Å². The molecule has 0 amide bonds. The zero-order chi connectivity index (χ0) is 13.2. The molecule has 1 saturated carbocycles. The number of nitrogens with zero attached hydrogens (tertiary/aromatic N) is 1. The summed E-state index contributed by atoms with van der Waals surface area (Å²) in [5.41, 5.74) is 0.768. The third-order valence-electron chi connectivity index (χ3n) is 2.63. The molecule has 18 heavy (non-hydrogen) atoms. The van der Waals surface area contributed by atoms with Crippen LogP contribution in [0.5, 0.6) is 5.75 Å². The highest BCUT2D eigenvalue weighted by Crippen LogP contribution is 2.28. The fourth-order valence-electron chi connectivity index (χ4n) is 1.37. The molecular weight excluding hydrogens is 228 g/mol. The van der Waals surface area contributed by atoms with E-state index in [1.165, 1.54) is 12.8 Å². The average Bonchev–Trinajstić information content (AvgIpc) is 3.22. The monoisotopic (exact) mass is 252 g/mol. The second-order valence-corrected chi connectivity index (χ2v) is 4.42. The molecule has 0 aliphatic heterocycles. The molecule has 102 valence electrons. The van der Waals surface area contributed by atoms with Gasteiger partial charge in [-0.1, -0.05) is 13.3 Å². The number of hydrogen-bond acceptors (Lipinski definition) is 4. The lowest BCUT2D eigenvalue weighted by atomic mass is 10.3. The fraction of sp³-hybridized carbons (Fsp3) is 0.643. The first kappa shape index (κ1) is 14.9. The molecule has 0 radical (unpaired) electrons. The number of aromatic nitrogens is 1. The number of unbranched alkanes of at least 4 members (excludes halogenated alkanes) is 1. The molecule has 4 heteroatoms. The molecule has 4 nitrogen and oxygen atoms in total. The van der Waals surface area contributed by atoms with Gasteiger partial charge in [0.2, 0.25) is 0 Å². The van der Waals surface area contributed by atoms with Crippen LogP contribution in [-0.4, -0.2) is 29.8 Å². The van der Waals surface area contributed by atoms with E-state index < -0.39 is 0 Å². The first-order valence-corrected chi connectivity index (χ1v) is 6.66. The number of rotatable bonds is 6. The van der Waals surface area contributed by atoms with E-state index in [-0.39, 0.29) is 6.61 Å². The van der Waals surface area contributed by atoms with Crippen LogP contribution >= 0.6 is 0 Å². The SMILES string of the molecule is CCCCNC.OCc1cnccc1OC1CC1. The van der Waals surface area contributed by atoms with Gasteiger partial charge in [-0.05, 0) is 38.9 Å². The second kappa shape index (κ2) is 8.89. The fourth-order valence-corrected chi connectivity index (χ4v) is 1.37. The van der Waals surface area contributed by atoms with Crippen molar-refractivity contribution < 1.29 is 9.84 Å². The molecular formula is C14H24N2O2. The third kappa shape index (κ3) is 5.98. The van der Waals surface area contributed by atoms with Gasteiger partial charge >= 0.3 is 0 Å². The van der Waals surface area contributed by atoms with Crippen LogP contribution in [0.25, 0.3) is 0 Å². The minimum Gasteiger partial charge on any atom is -0.490 e. The largest absolute Gasteiger partial charge is 0.490 e. The zero-order valence-electron chi connectivity index (χ0n) is 11.4. The van der Waals surface area contributed by atoms with Crippen molar-refractivity contribution in [1.29, 1.82) is 0 Å². The second-order valence-electron chi connectivity index (χ2n) is 4.42.